The molecule has 5 heteroatoms. The highest BCUT2D eigenvalue weighted by atomic mass is 16.3. The highest BCUT2D eigenvalue weighted by Crippen LogP contribution is 2.34. The van der Waals surface area contributed by atoms with Gasteiger partial charge in [0.15, 0.2) is 0 Å². The van der Waals surface area contributed by atoms with Crippen LogP contribution in [0.1, 0.15) is 23.1 Å². The molecule has 2 atom stereocenters. The molecule has 1 fully saturated rings. The number of hydrogen-bond acceptors (Lipinski definition) is 4. The van der Waals surface area contributed by atoms with E-state index < -0.39 is 6.10 Å². The van der Waals surface area contributed by atoms with Gasteiger partial charge < -0.3 is 15.7 Å². The molecule has 2 heterocycles. The molecule has 0 aliphatic carbocycles. The molecule has 0 radical (unpaired) electrons. The van der Waals surface area contributed by atoms with Crippen LogP contribution in [0.15, 0.2) is 18.3 Å². The first kappa shape index (κ1) is 15.7. The number of hydrogen-bond donors (Lipinski definition) is 2. The van der Waals surface area contributed by atoms with Crippen molar-refractivity contribution in [3.05, 3.63) is 35.0 Å². The number of nitrogens with zero attached hydrogens (tertiary/aromatic N) is 2. The number of carbonyl (C=O) groups is 1. The molecule has 0 unspecified atom stereocenters. The van der Waals surface area contributed by atoms with Gasteiger partial charge in [-0.2, -0.15) is 0 Å². The van der Waals surface area contributed by atoms with Gasteiger partial charge in [0, 0.05) is 37.0 Å². The van der Waals surface area contributed by atoms with Crippen LogP contribution in [-0.2, 0) is 4.79 Å². The second-order valence-corrected chi connectivity index (χ2v) is 6.60. The number of aliphatic hydroxyl groups excluding tert-OH is 1. The molecular formula is C18H23N3O2. The summed E-state index contributed by atoms with van der Waals surface area (Å²) in [5.74, 6) is 0.387. The maximum Gasteiger partial charge on any atom is 0.217 e. The number of β-amino-alcohol motifs (C(OH)–C–C–N with tert-alkyl or cyclic N) is 1. The average molecular weight is 313 g/mol. The number of carbonyl (C=O) groups excluding carboxylic acids is 1. The fraction of sp³-hybridized carbons (Fsp3) is 0.444. The van der Waals surface area contributed by atoms with E-state index in [1.54, 1.807) is 0 Å². The van der Waals surface area contributed by atoms with Crippen LogP contribution in [0.4, 0.5) is 5.82 Å². The molecule has 1 aliphatic heterocycles. The number of benzene rings is 1. The first-order valence-electron chi connectivity index (χ1n) is 7.95. The Kier molecular flexibility index (Phi) is 3.98. The van der Waals surface area contributed by atoms with E-state index in [2.05, 4.69) is 36.7 Å². The molecule has 3 N–H and O–H groups in total. The van der Waals surface area contributed by atoms with E-state index in [0.717, 1.165) is 11.2 Å². The molecule has 1 aromatic carbocycles. The number of anilines is 1. The van der Waals surface area contributed by atoms with E-state index in [1.165, 1.54) is 22.1 Å². The third-order valence-corrected chi connectivity index (χ3v) is 4.92. The summed E-state index contributed by atoms with van der Waals surface area (Å²) < 4.78 is 0. The summed E-state index contributed by atoms with van der Waals surface area (Å²) in [5, 5.41) is 12.6. The normalized spacial score (nSPS) is 21.1. The summed E-state index contributed by atoms with van der Waals surface area (Å²) in [7, 11) is 0. The Morgan fingerprint density at radius 2 is 2.09 bits per heavy atom. The van der Waals surface area contributed by atoms with E-state index in [1.807, 2.05) is 12.3 Å². The predicted molar refractivity (Wildman–Crippen MR) is 91.5 cm³/mol. The molecule has 3 rings (SSSR count). The van der Waals surface area contributed by atoms with Crippen molar-refractivity contribution >= 4 is 22.5 Å². The zero-order chi connectivity index (χ0) is 16.7. The molecule has 2 aromatic rings. The average Bonchev–Trinajstić information content (AvgIpc) is 2.84. The van der Waals surface area contributed by atoms with Crippen LogP contribution in [0.25, 0.3) is 10.8 Å². The zero-order valence-electron chi connectivity index (χ0n) is 13.8. The third-order valence-electron chi connectivity index (χ3n) is 4.92. The molecule has 0 spiro atoms. The Labute approximate surface area is 136 Å². The zero-order valence-corrected chi connectivity index (χ0v) is 13.8. The molecule has 122 valence electrons. The van der Waals surface area contributed by atoms with Crippen LogP contribution in [0.5, 0.6) is 0 Å². The van der Waals surface area contributed by atoms with Gasteiger partial charge in [-0.05, 0) is 48.9 Å². The van der Waals surface area contributed by atoms with Crippen molar-refractivity contribution in [1.29, 1.82) is 0 Å². The molecule has 0 bridgehead atoms. The maximum absolute atomic E-state index is 11.2. The van der Waals surface area contributed by atoms with Gasteiger partial charge >= 0.3 is 0 Å². The van der Waals surface area contributed by atoms with Gasteiger partial charge in [0.25, 0.3) is 0 Å². The molecule has 1 amide bonds. The number of aliphatic hydroxyl groups is 1. The number of amides is 1. The SMILES string of the molecule is Cc1cc(C)c2ccnc(N3C[C@@H](CC(N)=O)[C@H](O)C3)c2c1C. The summed E-state index contributed by atoms with van der Waals surface area (Å²) >= 11 is 0. The summed E-state index contributed by atoms with van der Waals surface area (Å²) in [4.78, 5) is 17.8. The van der Waals surface area contributed by atoms with E-state index in [9.17, 15) is 9.90 Å². The summed E-state index contributed by atoms with van der Waals surface area (Å²) in [6, 6.07) is 4.23. The number of pyridine rings is 1. The lowest BCUT2D eigenvalue weighted by Crippen LogP contribution is -2.24. The maximum atomic E-state index is 11.2. The molecule has 0 saturated carbocycles. The Morgan fingerprint density at radius 1 is 1.35 bits per heavy atom. The van der Waals surface area contributed by atoms with E-state index >= 15 is 0 Å². The van der Waals surface area contributed by atoms with Gasteiger partial charge in [-0.3, -0.25) is 4.79 Å². The quantitative estimate of drug-likeness (QED) is 0.906. The summed E-state index contributed by atoms with van der Waals surface area (Å²) in [5.41, 5.74) is 8.95. The third kappa shape index (κ3) is 2.77. The summed E-state index contributed by atoms with van der Waals surface area (Å²) in [6.07, 6.45) is 1.47. The van der Waals surface area contributed by atoms with Crippen molar-refractivity contribution < 1.29 is 9.90 Å². The number of fused-ring (bicyclic) bond motifs is 1. The molecule has 23 heavy (non-hydrogen) atoms. The van der Waals surface area contributed by atoms with Gasteiger partial charge in [-0.25, -0.2) is 4.98 Å². The largest absolute Gasteiger partial charge is 0.391 e. The topological polar surface area (TPSA) is 79.5 Å². The van der Waals surface area contributed by atoms with Crippen LogP contribution in [0.3, 0.4) is 0 Å². The van der Waals surface area contributed by atoms with Gasteiger partial charge in [-0.1, -0.05) is 6.07 Å². The smallest absolute Gasteiger partial charge is 0.217 e. The Bertz CT molecular complexity index is 772. The van der Waals surface area contributed by atoms with Crippen molar-refractivity contribution in [1.82, 2.24) is 4.98 Å². The fourth-order valence-corrected chi connectivity index (χ4v) is 3.58. The van der Waals surface area contributed by atoms with Crippen LogP contribution >= 0.6 is 0 Å². The van der Waals surface area contributed by atoms with Crippen LogP contribution in [0.2, 0.25) is 0 Å². The van der Waals surface area contributed by atoms with Crippen LogP contribution < -0.4 is 10.6 Å². The minimum atomic E-state index is -0.550. The molecular weight excluding hydrogens is 290 g/mol. The number of rotatable bonds is 3. The van der Waals surface area contributed by atoms with Gasteiger partial charge in [0.1, 0.15) is 5.82 Å². The molecule has 5 nitrogen and oxygen atoms in total. The molecule has 1 aromatic heterocycles. The first-order chi connectivity index (χ1) is 10.9. The van der Waals surface area contributed by atoms with Gasteiger partial charge in [0.05, 0.1) is 6.10 Å². The lowest BCUT2D eigenvalue weighted by atomic mass is 9.97. The van der Waals surface area contributed by atoms with Crippen molar-refractivity contribution in [3.8, 4) is 0 Å². The second-order valence-electron chi connectivity index (χ2n) is 6.60. The number of primary amides is 1. The number of aromatic nitrogens is 1. The van der Waals surface area contributed by atoms with Crippen molar-refractivity contribution in [2.24, 2.45) is 11.7 Å². The van der Waals surface area contributed by atoms with Gasteiger partial charge in [0.2, 0.25) is 5.91 Å². The standard InChI is InChI=1S/C18H23N3O2/c1-10-6-11(2)14-4-5-20-18(17(14)12(10)3)21-8-13(7-16(19)23)15(22)9-21/h4-6,13,15,22H,7-9H2,1-3H3,(H2,19,23)/t13-,15-/m1/s1. The monoisotopic (exact) mass is 313 g/mol. The minimum Gasteiger partial charge on any atom is -0.391 e. The predicted octanol–water partition coefficient (Wildman–Crippen LogP) is 1.83. The Hall–Kier alpha value is -2.14. The van der Waals surface area contributed by atoms with E-state index in [-0.39, 0.29) is 18.2 Å². The van der Waals surface area contributed by atoms with Crippen molar-refractivity contribution in [3.63, 3.8) is 0 Å². The highest BCUT2D eigenvalue weighted by molar-refractivity contribution is 5.97. The molecule has 1 aliphatic rings. The van der Waals surface area contributed by atoms with Crippen LogP contribution in [-0.4, -0.2) is 35.2 Å². The molecule has 1 saturated heterocycles. The fourth-order valence-electron chi connectivity index (χ4n) is 3.58. The highest BCUT2D eigenvalue weighted by Gasteiger charge is 2.33. The first-order valence-corrected chi connectivity index (χ1v) is 7.95. The van der Waals surface area contributed by atoms with Crippen molar-refractivity contribution in [2.75, 3.05) is 18.0 Å². The van der Waals surface area contributed by atoms with E-state index in [0.29, 0.717) is 13.1 Å². The van der Waals surface area contributed by atoms with Crippen molar-refractivity contribution in [2.45, 2.75) is 33.3 Å². The second kappa shape index (κ2) is 5.81. The summed E-state index contributed by atoms with van der Waals surface area (Å²) in [6.45, 7) is 7.40. The number of aryl methyl sites for hydroxylation is 3. The van der Waals surface area contributed by atoms with Gasteiger partial charge in [-0.15, -0.1) is 0 Å². The Balaban J connectivity index is 2.06. The number of nitrogens with two attached hydrogens (primary N) is 1. The van der Waals surface area contributed by atoms with Crippen LogP contribution in [0, 0.1) is 26.7 Å². The minimum absolute atomic E-state index is 0.129. The van der Waals surface area contributed by atoms with E-state index in [4.69, 9.17) is 5.73 Å². The lowest BCUT2D eigenvalue weighted by Gasteiger charge is -2.21. The lowest BCUT2D eigenvalue weighted by molar-refractivity contribution is -0.119. The Morgan fingerprint density at radius 3 is 2.78 bits per heavy atom.